The van der Waals surface area contributed by atoms with Crippen LogP contribution in [-0.4, -0.2) is 59.5 Å². The molecule has 4 fully saturated rings. The topological polar surface area (TPSA) is 59.4 Å². The van der Waals surface area contributed by atoms with Crippen LogP contribution < -0.4 is 5.32 Å². The number of likely N-dealkylation sites (tertiary alicyclic amines) is 1. The Morgan fingerprint density at radius 1 is 1.41 bits per heavy atom. The summed E-state index contributed by atoms with van der Waals surface area (Å²) in [6, 6.07) is 2.12. The highest BCUT2D eigenvalue weighted by molar-refractivity contribution is 5.83. The van der Waals surface area contributed by atoms with Crippen molar-refractivity contribution >= 4 is 5.91 Å². The molecular weight excluding hydrogens is 340 g/mol. The second-order valence-corrected chi connectivity index (χ2v) is 9.29. The van der Waals surface area contributed by atoms with E-state index in [2.05, 4.69) is 39.9 Å². The maximum atomic E-state index is 13.2. The molecule has 0 aromatic carbocycles. The summed E-state index contributed by atoms with van der Waals surface area (Å²) in [4.78, 5) is 15.7. The van der Waals surface area contributed by atoms with Gasteiger partial charge in [0.2, 0.25) is 5.91 Å². The quantitative estimate of drug-likeness (QED) is 0.758. The molecule has 27 heavy (non-hydrogen) atoms. The number of carbonyl (C=O) groups is 1. The number of carbonyl (C=O) groups excluding carboxylic acids is 1. The lowest BCUT2D eigenvalue weighted by Gasteiger charge is -2.47. The summed E-state index contributed by atoms with van der Waals surface area (Å²) in [5, 5.41) is 7.81. The average molecular weight is 375 g/mol. The van der Waals surface area contributed by atoms with Crippen molar-refractivity contribution in [2.45, 2.75) is 63.5 Å². The van der Waals surface area contributed by atoms with Crippen LogP contribution in [-0.2, 0) is 21.5 Å². The maximum Gasteiger partial charge on any atom is 0.224 e. The molecule has 6 heteroatoms. The molecule has 1 aromatic heterocycles. The van der Waals surface area contributed by atoms with Crippen LogP contribution in [0.2, 0.25) is 0 Å². The van der Waals surface area contributed by atoms with Crippen molar-refractivity contribution in [3.63, 3.8) is 0 Å². The number of hydrogen-bond donors (Lipinski definition) is 1. The highest BCUT2D eigenvalue weighted by Gasteiger charge is 2.63. The Kier molecular flexibility index (Phi) is 5.06. The Morgan fingerprint density at radius 3 is 2.89 bits per heavy atom. The molecular formula is C21H34N4O2. The van der Waals surface area contributed by atoms with Gasteiger partial charge in [-0.05, 0) is 71.0 Å². The van der Waals surface area contributed by atoms with Gasteiger partial charge >= 0.3 is 0 Å². The first-order chi connectivity index (χ1) is 13.0. The zero-order valence-corrected chi connectivity index (χ0v) is 17.0. The van der Waals surface area contributed by atoms with Crippen molar-refractivity contribution in [3.8, 4) is 0 Å². The molecule has 150 valence electrons. The fraction of sp³-hybridized carbons (Fsp3) is 0.810. The molecule has 3 unspecified atom stereocenters. The van der Waals surface area contributed by atoms with Crippen LogP contribution in [0.15, 0.2) is 12.3 Å². The molecule has 6 nitrogen and oxygen atoms in total. The molecule has 3 atom stereocenters. The van der Waals surface area contributed by atoms with Crippen LogP contribution in [0.5, 0.6) is 0 Å². The smallest absolute Gasteiger partial charge is 0.224 e. The third-order valence-corrected chi connectivity index (χ3v) is 7.33. The van der Waals surface area contributed by atoms with E-state index in [4.69, 9.17) is 4.74 Å². The first-order valence-electron chi connectivity index (χ1n) is 10.5. The lowest BCUT2D eigenvalue weighted by Crippen LogP contribution is -2.57. The van der Waals surface area contributed by atoms with Crippen molar-refractivity contribution in [2.75, 3.05) is 33.4 Å². The van der Waals surface area contributed by atoms with Crippen molar-refractivity contribution in [1.29, 1.82) is 0 Å². The first-order valence-corrected chi connectivity index (χ1v) is 10.5. The Morgan fingerprint density at radius 2 is 2.19 bits per heavy atom. The van der Waals surface area contributed by atoms with E-state index in [1.807, 2.05) is 6.20 Å². The Hall–Kier alpha value is -1.40. The molecule has 3 aliphatic carbocycles. The van der Waals surface area contributed by atoms with Crippen molar-refractivity contribution in [3.05, 3.63) is 18.0 Å². The normalized spacial score (nSPS) is 30.5. The lowest BCUT2D eigenvalue weighted by atomic mass is 9.58. The lowest BCUT2D eigenvalue weighted by molar-refractivity contribution is -0.133. The van der Waals surface area contributed by atoms with Crippen molar-refractivity contribution in [2.24, 2.45) is 11.8 Å². The summed E-state index contributed by atoms with van der Waals surface area (Å²) in [5.41, 5.74) is 1.24. The van der Waals surface area contributed by atoms with Gasteiger partial charge in [0.05, 0.1) is 19.1 Å². The van der Waals surface area contributed by atoms with E-state index in [9.17, 15) is 4.79 Å². The van der Waals surface area contributed by atoms with Crippen LogP contribution >= 0.6 is 0 Å². The molecule has 1 amide bonds. The highest BCUT2D eigenvalue weighted by atomic mass is 16.5. The van der Waals surface area contributed by atoms with E-state index in [-0.39, 0.29) is 22.8 Å². The van der Waals surface area contributed by atoms with Gasteiger partial charge in [0.25, 0.3) is 0 Å². The van der Waals surface area contributed by atoms with Gasteiger partial charge in [0.1, 0.15) is 0 Å². The third kappa shape index (κ3) is 3.21. The monoisotopic (exact) mass is 374 g/mol. The van der Waals surface area contributed by atoms with E-state index in [0.717, 1.165) is 45.4 Å². The predicted octanol–water partition coefficient (Wildman–Crippen LogP) is 2.19. The third-order valence-electron chi connectivity index (χ3n) is 7.33. The summed E-state index contributed by atoms with van der Waals surface area (Å²) >= 11 is 0. The number of fused-ring (bicyclic) bond motifs is 1. The van der Waals surface area contributed by atoms with Crippen LogP contribution in [0.3, 0.4) is 0 Å². The molecule has 1 aliphatic heterocycles. The van der Waals surface area contributed by atoms with Crippen LogP contribution in [0.4, 0.5) is 0 Å². The minimum Gasteiger partial charge on any atom is -0.383 e. The molecule has 1 N–H and O–H groups in total. The van der Waals surface area contributed by atoms with E-state index >= 15 is 0 Å². The summed E-state index contributed by atoms with van der Waals surface area (Å²) in [6.07, 6.45) is 7.80. The second kappa shape index (κ2) is 7.21. The summed E-state index contributed by atoms with van der Waals surface area (Å²) in [6.45, 7) is 8.94. The van der Waals surface area contributed by atoms with E-state index in [1.54, 1.807) is 7.11 Å². The highest BCUT2D eigenvalue weighted by Crippen LogP contribution is 2.63. The largest absolute Gasteiger partial charge is 0.383 e. The van der Waals surface area contributed by atoms with Gasteiger partial charge in [-0.3, -0.25) is 14.4 Å². The Balaban J connectivity index is 1.44. The van der Waals surface area contributed by atoms with Crippen LogP contribution in [0.1, 0.15) is 51.6 Å². The fourth-order valence-electron chi connectivity index (χ4n) is 5.79. The Labute approximate surface area is 162 Å². The molecule has 2 bridgehead atoms. The standard InChI is InChI=1S/C21H34N4O2/c1-20(2,24-10-4-5-11-24)15-22-19(26)18-16-6-8-21(18,14-16)17-7-9-23-25(17)12-13-27-3/h7,9,16,18H,4-6,8,10-15H2,1-3H3,(H,22,26). The zero-order chi connectivity index (χ0) is 19.1. The van der Waals surface area contributed by atoms with Gasteiger partial charge in [-0.15, -0.1) is 0 Å². The molecule has 2 heterocycles. The molecule has 1 aromatic rings. The van der Waals surface area contributed by atoms with Gasteiger partial charge in [0, 0.05) is 36.5 Å². The van der Waals surface area contributed by atoms with Gasteiger partial charge in [-0.1, -0.05) is 0 Å². The number of nitrogens with one attached hydrogen (secondary N) is 1. The Bertz CT molecular complexity index is 675. The van der Waals surface area contributed by atoms with Gasteiger partial charge in [-0.25, -0.2) is 0 Å². The SMILES string of the molecule is COCCn1nccc1C12CCC(C1)C2C(=O)NCC(C)(C)N1CCCC1. The van der Waals surface area contributed by atoms with Crippen molar-refractivity contribution in [1.82, 2.24) is 20.0 Å². The van der Waals surface area contributed by atoms with Gasteiger partial charge < -0.3 is 10.1 Å². The molecule has 5 rings (SSSR count). The number of hydrogen-bond acceptors (Lipinski definition) is 4. The summed E-state index contributed by atoms with van der Waals surface area (Å²) in [7, 11) is 1.72. The van der Waals surface area contributed by atoms with Gasteiger partial charge in [-0.2, -0.15) is 5.10 Å². The summed E-state index contributed by atoms with van der Waals surface area (Å²) < 4.78 is 7.29. The maximum absolute atomic E-state index is 13.2. The number of nitrogens with zero attached hydrogens (tertiary/aromatic N) is 3. The van der Waals surface area contributed by atoms with Crippen LogP contribution in [0.25, 0.3) is 0 Å². The first kappa shape index (κ1) is 18.9. The average Bonchev–Trinajstić information content (AvgIpc) is 3.41. The van der Waals surface area contributed by atoms with E-state index < -0.39 is 0 Å². The number of rotatable bonds is 8. The minimum atomic E-state index is -0.0171. The van der Waals surface area contributed by atoms with E-state index in [0.29, 0.717) is 12.5 Å². The summed E-state index contributed by atoms with van der Waals surface area (Å²) in [5.74, 6) is 0.881. The molecule has 3 saturated carbocycles. The number of ether oxygens (including phenoxy) is 1. The number of aromatic nitrogens is 2. The second-order valence-electron chi connectivity index (χ2n) is 9.29. The van der Waals surface area contributed by atoms with Crippen LogP contribution in [0, 0.1) is 11.8 Å². The molecule has 0 spiro atoms. The van der Waals surface area contributed by atoms with E-state index in [1.165, 1.54) is 18.5 Å². The fourth-order valence-corrected chi connectivity index (χ4v) is 5.79. The minimum absolute atomic E-state index is 0.0171. The van der Waals surface area contributed by atoms with Gasteiger partial charge in [0.15, 0.2) is 0 Å². The zero-order valence-electron chi connectivity index (χ0n) is 17.0. The number of methoxy groups -OCH3 is 1. The molecule has 4 aliphatic rings. The van der Waals surface area contributed by atoms with Crippen molar-refractivity contribution < 1.29 is 9.53 Å². The molecule has 0 radical (unpaired) electrons. The number of amides is 1. The predicted molar refractivity (Wildman–Crippen MR) is 105 cm³/mol. The molecule has 1 saturated heterocycles.